The fraction of sp³-hybridized carbons (Fsp3) is 0.625. The van der Waals surface area contributed by atoms with Crippen molar-refractivity contribution in [2.24, 2.45) is 5.73 Å². The van der Waals surface area contributed by atoms with E-state index in [1.165, 1.54) is 0 Å². The molecule has 0 spiro atoms. The maximum Gasteiger partial charge on any atom is 0.342 e. The van der Waals surface area contributed by atoms with Crippen molar-refractivity contribution in [2.75, 3.05) is 25.6 Å². The van der Waals surface area contributed by atoms with E-state index in [0.717, 1.165) is 0 Å². The van der Waals surface area contributed by atoms with Crippen LogP contribution in [0.5, 0.6) is 0 Å². The minimum Gasteiger partial charge on any atom is -0.383 e. The van der Waals surface area contributed by atoms with Gasteiger partial charge in [-0.15, -0.1) is 5.10 Å². The number of ether oxygens (including phenoxy) is 1. The fourth-order valence-electron chi connectivity index (χ4n) is 1.14. The van der Waals surface area contributed by atoms with Gasteiger partial charge in [-0.3, -0.25) is 9.78 Å². The van der Waals surface area contributed by atoms with Crippen LogP contribution in [-0.2, 0) is 4.74 Å². The number of aromatic nitrogens is 3. The van der Waals surface area contributed by atoms with Crippen LogP contribution in [0.2, 0.25) is 0 Å². The predicted molar refractivity (Wildman–Crippen MR) is 58.4 cm³/mol. The molecule has 0 saturated carbocycles. The number of nitrogens with two attached hydrogens (primary N) is 1. The van der Waals surface area contributed by atoms with Gasteiger partial charge in [0.15, 0.2) is 0 Å². The highest BCUT2D eigenvalue weighted by atomic mass is 16.5. The second-order valence-electron chi connectivity index (χ2n) is 3.29. The van der Waals surface area contributed by atoms with Gasteiger partial charge in [0.2, 0.25) is 5.82 Å². The third-order valence-corrected chi connectivity index (χ3v) is 1.90. The van der Waals surface area contributed by atoms with Crippen LogP contribution in [0.15, 0.2) is 9.59 Å². The van der Waals surface area contributed by atoms with E-state index in [0.29, 0.717) is 19.6 Å². The number of anilines is 1. The zero-order chi connectivity index (χ0) is 12.0. The molecule has 0 amide bonds. The highest BCUT2D eigenvalue weighted by Gasteiger charge is 2.04. The first-order valence-electron chi connectivity index (χ1n) is 4.81. The number of nitrogens with zero attached hydrogens (tertiary/aromatic N) is 1. The first-order valence-corrected chi connectivity index (χ1v) is 4.81. The second-order valence-corrected chi connectivity index (χ2v) is 3.29. The summed E-state index contributed by atoms with van der Waals surface area (Å²) in [6.45, 7) is 0.934. The topological polar surface area (TPSA) is 126 Å². The Kier molecular flexibility index (Phi) is 4.67. The SMILES string of the molecule is COCC(N)CCNc1n[nH]c(=O)[nH]c1=O. The summed E-state index contributed by atoms with van der Waals surface area (Å²) in [6, 6.07) is -0.0978. The highest BCUT2D eigenvalue weighted by molar-refractivity contribution is 5.28. The number of H-pyrrole nitrogens is 2. The average Bonchev–Trinajstić information content (AvgIpc) is 2.22. The van der Waals surface area contributed by atoms with Crippen molar-refractivity contribution in [3.63, 3.8) is 0 Å². The standard InChI is InChI=1S/C8H15N5O3/c1-16-4-5(9)2-3-10-6-7(14)11-8(15)13-12-6/h5H,2-4,9H2,1H3,(H,10,12)(H2,11,13,14,15). The van der Waals surface area contributed by atoms with Gasteiger partial charge in [-0.2, -0.15) is 0 Å². The summed E-state index contributed by atoms with van der Waals surface area (Å²) < 4.78 is 4.86. The third kappa shape index (κ3) is 3.83. The monoisotopic (exact) mass is 229 g/mol. The Bertz CT molecular complexity index is 426. The van der Waals surface area contributed by atoms with E-state index in [1.807, 2.05) is 0 Å². The molecule has 1 heterocycles. The lowest BCUT2D eigenvalue weighted by Crippen LogP contribution is -2.31. The number of aromatic amines is 2. The van der Waals surface area contributed by atoms with E-state index in [4.69, 9.17) is 10.5 Å². The predicted octanol–water partition coefficient (Wildman–Crippen LogP) is -1.77. The van der Waals surface area contributed by atoms with Gasteiger partial charge in [0.1, 0.15) is 0 Å². The van der Waals surface area contributed by atoms with Gasteiger partial charge < -0.3 is 15.8 Å². The maximum atomic E-state index is 11.2. The normalized spacial score (nSPS) is 12.4. The Morgan fingerprint density at radius 2 is 2.31 bits per heavy atom. The first kappa shape index (κ1) is 12.4. The molecule has 0 saturated heterocycles. The van der Waals surface area contributed by atoms with Gasteiger partial charge in [0.25, 0.3) is 5.56 Å². The summed E-state index contributed by atoms with van der Waals surface area (Å²) in [5, 5.41) is 8.45. The Balaban J connectivity index is 2.43. The van der Waals surface area contributed by atoms with Gasteiger partial charge in [0, 0.05) is 19.7 Å². The zero-order valence-corrected chi connectivity index (χ0v) is 8.95. The molecule has 0 aliphatic heterocycles. The van der Waals surface area contributed by atoms with Gasteiger partial charge >= 0.3 is 5.69 Å². The molecule has 0 bridgehead atoms. The highest BCUT2D eigenvalue weighted by Crippen LogP contribution is 1.91. The largest absolute Gasteiger partial charge is 0.383 e. The summed E-state index contributed by atoms with van der Waals surface area (Å²) in [5.41, 5.74) is 4.50. The zero-order valence-electron chi connectivity index (χ0n) is 8.95. The molecule has 1 aromatic heterocycles. The minimum atomic E-state index is -0.633. The van der Waals surface area contributed by atoms with Gasteiger partial charge in [-0.1, -0.05) is 0 Å². The van der Waals surface area contributed by atoms with E-state index in [-0.39, 0.29) is 11.9 Å². The molecule has 8 heteroatoms. The molecule has 1 unspecified atom stereocenters. The van der Waals surface area contributed by atoms with Crippen molar-refractivity contribution < 1.29 is 4.74 Å². The second kappa shape index (κ2) is 6.03. The Hall–Kier alpha value is -1.67. The molecule has 8 nitrogen and oxygen atoms in total. The van der Waals surface area contributed by atoms with Crippen molar-refractivity contribution in [2.45, 2.75) is 12.5 Å². The fourth-order valence-corrected chi connectivity index (χ4v) is 1.14. The molecule has 0 aliphatic carbocycles. The summed E-state index contributed by atoms with van der Waals surface area (Å²) in [4.78, 5) is 23.9. The van der Waals surface area contributed by atoms with Gasteiger partial charge in [-0.25, -0.2) is 9.89 Å². The number of methoxy groups -OCH3 is 1. The number of hydrogen-bond donors (Lipinski definition) is 4. The maximum absolute atomic E-state index is 11.2. The van der Waals surface area contributed by atoms with Crippen molar-refractivity contribution in [3.05, 3.63) is 20.8 Å². The third-order valence-electron chi connectivity index (χ3n) is 1.90. The van der Waals surface area contributed by atoms with Crippen LogP contribution in [0.4, 0.5) is 5.82 Å². The summed E-state index contributed by atoms with van der Waals surface area (Å²) in [6.07, 6.45) is 0.633. The van der Waals surface area contributed by atoms with Gasteiger partial charge in [0.05, 0.1) is 6.61 Å². The van der Waals surface area contributed by atoms with Gasteiger partial charge in [-0.05, 0) is 6.42 Å². The minimum absolute atomic E-state index is 0.0733. The van der Waals surface area contributed by atoms with E-state index >= 15 is 0 Å². The molecule has 0 radical (unpaired) electrons. The lowest BCUT2D eigenvalue weighted by molar-refractivity contribution is 0.178. The Labute approximate surface area is 91.2 Å². The molecule has 0 aromatic carbocycles. The quantitative estimate of drug-likeness (QED) is 0.457. The number of rotatable bonds is 6. The van der Waals surface area contributed by atoms with Crippen LogP contribution in [0.3, 0.4) is 0 Å². The first-order chi connectivity index (χ1) is 7.63. The van der Waals surface area contributed by atoms with Crippen molar-refractivity contribution in [3.8, 4) is 0 Å². The molecule has 0 aliphatic rings. The van der Waals surface area contributed by atoms with E-state index in [9.17, 15) is 9.59 Å². The van der Waals surface area contributed by atoms with E-state index in [1.54, 1.807) is 7.11 Å². The molecular weight excluding hydrogens is 214 g/mol. The summed E-state index contributed by atoms with van der Waals surface area (Å²) >= 11 is 0. The molecule has 1 atom stereocenters. The van der Waals surface area contributed by atoms with Crippen LogP contribution in [0.25, 0.3) is 0 Å². The van der Waals surface area contributed by atoms with Crippen LogP contribution in [0.1, 0.15) is 6.42 Å². The average molecular weight is 229 g/mol. The molecule has 1 aromatic rings. The summed E-state index contributed by atoms with van der Waals surface area (Å²) in [5.74, 6) is 0.0733. The van der Waals surface area contributed by atoms with Crippen LogP contribution >= 0.6 is 0 Å². The van der Waals surface area contributed by atoms with Crippen LogP contribution in [-0.4, -0.2) is 41.5 Å². The van der Waals surface area contributed by atoms with Crippen LogP contribution in [0, 0.1) is 0 Å². The molecule has 1 rings (SSSR count). The Morgan fingerprint density at radius 3 is 2.94 bits per heavy atom. The summed E-state index contributed by atoms with van der Waals surface area (Å²) in [7, 11) is 1.57. The van der Waals surface area contributed by atoms with Crippen molar-refractivity contribution >= 4 is 5.82 Å². The molecular formula is C8H15N5O3. The molecule has 0 fully saturated rings. The van der Waals surface area contributed by atoms with E-state index in [2.05, 4.69) is 20.5 Å². The molecule has 16 heavy (non-hydrogen) atoms. The molecule has 90 valence electrons. The Morgan fingerprint density at radius 1 is 1.56 bits per heavy atom. The molecule has 5 N–H and O–H groups in total. The van der Waals surface area contributed by atoms with Crippen LogP contribution < -0.4 is 22.3 Å². The number of nitrogens with one attached hydrogen (secondary N) is 3. The number of hydrogen-bond acceptors (Lipinski definition) is 6. The lowest BCUT2D eigenvalue weighted by atomic mass is 10.2. The smallest absolute Gasteiger partial charge is 0.342 e. The van der Waals surface area contributed by atoms with Crippen molar-refractivity contribution in [1.29, 1.82) is 0 Å². The van der Waals surface area contributed by atoms with Crippen molar-refractivity contribution in [1.82, 2.24) is 15.2 Å². The van der Waals surface area contributed by atoms with E-state index < -0.39 is 11.2 Å². The lowest BCUT2D eigenvalue weighted by Gasteiger charge is -2.10.